The van der Waals surface area contributed by atoms with Gasteiger partial charge in [0.15, 0.2) is 0 Å². The van der Waals surface area contributed by atoms with Crippen LogP contribution < -0.4 is 15.8 Å². The molecule has 4 nitrogen and oxygen atoms in total. The van der Waals surface area contributed by atoms with Crippen molar-refractivity contribution in [2.45, 2.75) is 38.1 Å². The molecule has 0 radical (unpaired) electrons. The summed E-state index contributed by atoms with van der Waals surface area (Å²) in [5.41, 5.74) is 6.87. The van der Waals surface area contributed by atoms with Gasteiger partial charge in [0.05, 0.1) is 11.6 Å². The number of nitrogens with two attached hydrogens (primary N) is 1. The molecule has 21 heavy (non-hydrogen) atoms. The van der Waals surface area contributed by atoms with Crippen molar-refractivity contribution < 1.29 is 9.53 Å². The summed E-state index contributed by atoms with van der Waals surface area (Å²) in [5, 5.41) is 3.13. The Morgan fingerprint density at radius 1 is 1.48 bits per heavy atom. The molecule has 0 aliphatic heterocycles. The maximum atomic E-state index is 12.1. The van der Waals surface area contributed by atoms with Gasteiger partial charge in [-0.25, -0.2) is 0 Å². The molecule has 1 aromatic carbocycles. The van der Waals surface area contributed by atoms with Gasteiger partial charge in [-0.05, 0) is 65.4 Å². The van der Waals surface area contributed by atoms with Crippen molar-refractivity contribution in [1.29, 1.82) is 0 Å². The maximum absolute atomic E-state index is 12.1. The first kappa shape index (κ1) is 16.3. The average Bonchev–Trinajstić information content (AvgIpc) is 2.92. The largest absolute Gasteiger partial charge is 0.496 e. The Morgan fingerprint density at radius 3 is 2.95 bits per heavy atom. The number of halogens is 1. The first-order valence-electron chi connectivity index (χ1n) is 7.46. The Labute approximate surface area is 134 Å². The van der Waals surface area contributed by atoms with Gasteiger partial charge in [0.1, 0.15) is 5.75 Å². The third-order valence-electron chi connectivity index (χ3n) is 4.17. The number of ether oxygens (including phenoxy) is 1. The van der Waals surface area contributed by atoms with Gasteiger partial charge in [-0.2, -0.15) is 0 Å². The fraction of sp³-hybridized carbons (Fsp3) is 0.562. The van der Waals surface area contributed by atoms with Crippen LogP contribution in [0.3, 0.4) is 0 Å². The van der Waals surface area contributed by atoms with Crippen LogP contribution in [0.1, 0.15) is 31.2 Å². The number of aryl methyl sites for hydroxylation is 1. The summed E-state index contributed by atoms with van der Waals surface area (Å²) in [4.78, 5) is 12.1. The van der Waals surface area contributed by atoms with Gasteiger partial charge < -0.3 is 15.8 Å². The third kappa shape index (κ3) is 4.45. The summed E-state index contributed by atoms with van der Waals surface area (Å²) in [6, 6.07) is 6.18. The van der Waals surface area contributed by atoms with Crippen molar-refractivity contribution in [3.8, 4) is 5.75 Å². The van der Waals surface area contributed by atoms with Crippen LogP contribution in [0.4, 0.5) is 0 Å². The SMILES string of the molecule is COc1ccc(CCC(=O)NC2CCCC2CN)cc1Br. The lowest BCUT2D eigenvalue weighted by Gasteiger charge is -2.19. The molecule has 1 fully saturated rings. The molecule has 1 aliphatic carbocycles. The fourth-order valence-corrected chi connectivity index (χ4v) is 3.50. The third-order valence-corrected chi connectivity index (χ3v) is 4.78. The first-order chi connectivity index (χ1) is 10.1. The van der Waals surface area contributed by atoms with Crippen molar-refractivity contribution in [1.82, 2.24) is 5.32 Å². The second kappa shape index (κ2) is 7.80. The lowest BCUT2D eigenvalue weighted by molar-refractivity contribution is -0.122. The monoisotopic (exact) mass is 354 g/mol. The van der Waals surface area contributed by atoms with E-state index in [2.05, 4.69) is 21.2 Å². The molecule has 1 aliphatic rings. The minimum absolute atomic E-state index is 0.118. The van der Waals surface area contributed by atoms with E-state index in [1.54, 1.807) is 7.11 Å². The Balaban J connectivity index is 1.82. The smallest absolute Gasteiger partial charge is 0.220 e. The standard InChI is InChI=1S/C16H23BrN2O2/c1-21-15-7-5-11(9-13(15)17)6-8-16(20)19-14-4-2-3-12(14)10-18/h5,7,9,12,14H,2-4,6,8,10,18H2,1H3,(H,19,20). The highest BCUT2D eigenvalue weighted by atomic mass is 79.9. The molecule has 1 saturated carbocycles. The summed E-state index contributed by atoms with van der Waals surface area (Å²) in [5.74, 6) is 1.37. The highest BCUT2D eigenvalue weighted by Gasteiger charge is 2.26. The van der Waals surface area contributed by atoms with E-state index >= 15 is 0 Å². The minimum atomic E-state index is 0.118. The van der Waals surface area contributed by atoms with Crippen LogP contribution in [0.15, 0.2) is 22.7 Å². The van der Waals surface area contributed by atoms with E-state index in [0.29, 0.717) is 18.9 Å². The van der Waals surface area contributed by atoms with Gasteiger partial charge in [0.2, 0.25) is 5.91 Å². The van der Waals surface area contributed by atoms with Crippen LogP contribution in [0.5, 0.6) is 5.75 Å². The van der Waals surface area contributed by atoms with Crippen LogP contribution >= 0.6 is 15.9 Å². The number of carbonyl (C=O) groups excluding carboxylic acids is 1. The maximum Gasteiger partial charge on any atom is 0.220 e. The molecule has 2 atom stereocenters. The second-order valence-electron chi connectivity index (χ2n) is 5.57. The van der Waals surface area contributed by atoms with Crippen molar-refractivity contribution in [3.05, 3.63) is 28.2 Å². The average molecular weight is 355 g/mol. The predicted octanol–water partition coefficient (Wildman–Crippen LogP) is 2.63. The van der Waals surface area contributed by atoms with Crippen LogP contribution in [0, 0.1) is 5.92 Å². The summed E-state index contributed by atoms with van der Waals surface area (Å²) in [7, 11) is 1.64. The molecule has 0 spiro atoms. The van der Waals surface area contributed by atoms with E-state index in [-0.39, 0.29) is 11.9 Å². The van der Waals surface area contributed by atoms with Crippen molar-refractivity contribution in [2.24, 2.45) is 11.7 Å². The van der Waals surface area contributed by atoms with E-state index < -0.39 is 0 Å². The molecular formula is C16H23BrN2O2. The zero-order valence-electron chi connectivity index (χ0n) is 12.4. The van der Waals surface area contributed by atoms with Crippen LogP contribution in [0.2, 0.25) is 0 Å². The van der Waals surface area contributed by atoms with Crippen molar-refractivity contribution in [3.63, 3.8) is 0 Å². The Kier molecular flexibility index (Phi) is 6.06. The summed E-state index contributed by atoms with van der Waals surface area (Å²) in [6.07, 6.45) is 4.59. The van der Waals surface area contributed by atoms with E-state index in [9.17, 15) is 4.79 Å². The van der Waals surface area contributed by atoms with E-state index in [1.807, 2.05) is 18.2 Å². The van der Waals surface area contributed by atoms with Crippen molar-refractivity contribution in [2.75, 3.05) is 13.7 Å². The van der Waals surface area contributed by atoms with Crippen LogP contribution in [-0.2, 0) is 11.2 Å². The van der Waals surface area contributed by atoms with Gasteiger partial charge in [0.25, 0.3) is 0 Å². The number of amides is 1. The molecule has 2 unspecified atom stereocenters. The highest BCUT2D eigenvalue weighted by molar-refractivity contribution is 9.10. The molecule has 2 rings (SSSR count). The number of methoxy groups -OCH3 is 1. The van der Waals surface area contributed by atoms with Gasteiger partial charge in [-0.1, -0.05) is 12.5 Å². The Hall–Kier alpha value is -1.07. The topological polar surface area (TPSA) is 64.3 Å². The van der Waals surface area contributed by atoms with Crippen LogP contribution in [-0.4, -0.2) is 25.6 Å². The highest BCUT2D eigenvalue weighted by Crippen LogP contribution is 2.26. The number of hydrogen-bond acceptors (Lipinski definition) is 3. The van der Waals surface area contributed by atoms with Gasteiger partial charge in [-0.15, -0.1) is 0 Å². The number of carbonyl (C=O) groups is 1. The van der Waals surface area contributed by atoms with Crippen LogP contribution in [0.25, 0.3) is 0 Å². The summed E-state index contributed by atoms with van der Waals surface area (Å²) >= 11 is 3.46. The molecule has 1 aromatic rings. The molecule has 0 saturated heterocycles. The fourth-order valence-electron chi connectivity index (χ4n) is 2.91. The number of rotatable bonds is 6. The lowest BCUT2D eigenvalue weighted by atomic mass is 10.0. The number of benzene rings is 1. The molecule has 116 valence electrons. The zero-order valence-corrected chi connectivity index (χ0v) is 14.0. The van der Waals surface area contributed by atoms with E-state index in [1.165, 1.54) is 0 Å². The molecule has 0 heterocycles. The lowest BCUT2D eigenvalue weighted by Crippen LogP contribution is -2.39. The minimum Gasteiger partial charge on any atom is -0.496 e. The van der Waals surface area contributed by atoms with Gasteiger partial charge in [-0.3, -0.25) is 4.79 Å². The van der Waals surface area contributed by atoms with E-state index in [4.69, 9.17) is 10.5 Å². The summed E-state index contributed by atoms with van der Waals surface area (Å²) in [6.45, 7) is 0.663. The zero-order chi connectivity index (χ0) is 15.2. The van der Waals surface area contributed by atoms with Gasteiger partial charge >= 0.3 is 0 Å². The predicted molar refractivity (Wildman–Crippen MR) is 87.3 cm³/mol. The second-order valence-corrected chi connectivity index (χ2v) is 6.42. The normalized spacial score (nSPS) is 21.3. The molecule has 0 aromatic heterocycles. The summed E-state index contributed by atoms with van der Waals surface area (Å²) < 4.78 is 6.12. The number of hydrogen-bond donors (Lipinski definition) is 2. The molecule has 1 amide bonds. The van der Waals surface area contributed by atoms with Gasteiger partial charge in [0, 0.05) is 12.5 Å². The molecular weight excluding hydrogens is 332 g/mol. The van der Waals surface area contributed by atoms with Crippen molar-refractivity contribution >= 4 is 21.8 Å². The number of nitrogens with one attached hydrogen (secondary N) is 1. The quantitative estimate of drug-likeness (QED) is 0.825. The Morgan fingerprint density at radius 2 is 2.29 bits per heavy atom. The molecule has 0 bridgehead atoms. The molecule has 5 heteroatoms. The Bertz CT molecular complexity index is 493. The molecule has 3 N–H and O–H groups in total. The van der Waals surface area contributed by atoms with E-state index in [0.717, 1.165) is 41.5 Å². The first-order valence-corrected chi connectivity index (χ1v) is 8.25.